The maximum Gasteiger partial charge on any atom is 0.317 e. The van der Waals surface area contributed by atoms with Crippen LogP contribution in [0.15, 0.2) is 48.9 Å². The van der Waals surface area contributed by atoms with E-state index in [0.717, 1.165) is 23.9 Å². The topological polar surface area (TPSA) is 100 Å². The third kappa shape index (κ3) is 3.97. The maximum atomic E-state index is 12.5. The first-order valence-electron chi connectivity index (χ1n) is 9.70. The zero-order valence-electron chi connectivity index (χ0n) is 16.2. The van der Waals surface area contributed by atoms with Gasteiger partial charge in [-0.05, 0) is 43.7 Å². The largest absolute Gasteiger partial charge is 0.480 e. The number of carboxylic acid groups (broad SMARTS) is 1. The lowest BCUT2D eigenvalue weighted by molar-refractivity contribution is -0.139. The van der Waals surface area contributed by atoms with Crippen molar-refractivity contribution < 1.29 is 14.7 Å². The van der Waals surface area contributed by atoms with Crippen LogP contribution in [0.3, 0.4) is 0 Å². The van der Waals surface area contributed by atoms with Crippen molar-refractivity contribution in [2.24, 2.45) is 0 Å². The van der Waals surface area contributed by atoms with Crippen LogP contribution in [0.4, 0.5) is 0 Å². The number of hydrogen-bond acceptors (Lipinski definition) is 5. The number of aromatic nitrogens is 3. The van der Waals surface area contributed by atoms with Crippen molar-refractivity contribution in [2.75, 3.05) is 13.1 Å². The number of nitrogens with zero attached hydrogens (tertiary/aromatic N) is 4. The molecule has 2 aromatic heterocycles. The van der Waals surface area contributed by atoms with Crippen molar-refractivity contribution in [3.63, 3.8) is 0 Å². The third-order valence-corrected chi connectivity index (χ3v) is 5.42. The number of benzene rings is 1. The molecule has 8 heteroatoms. The normalized spacial score (nSPS) is 18.6. The standard InChI is InChI=1S/C21H23N5O3/c1-2-25(12-20(27)28)16-9-15(10-16)24-21(29)14-7-8-19(22-11-14)26-13-23-17-5-3-4-6-18(17)26/h3-8,11,13,15-16H,2,9-10,12H2,1H3,(H,24,29)(H,27,28). The molecule has 3 aromatic rings. The average molecular weight is 393 g/mol. The number of carbonyl (C=O) groups excluding carboxylic acids is 1. The number of para-hydroxylation sites is 2. The van der Waals surface area contributed by atoms with E-state index in [9.17, 15) is 9.59 Å². The predicted molar refractivity (Wildman–Crippen MR) is 108 cm³/mol. The number of likely N-dealkylation sites (N-methyl/N-ethyl adjacent to an activating group) is 1. The van der Waals surface area contributed by atoms with Gasteiger partial charge >= 0.3 is 5.97 Å². The minimum absolute atomic E-state index is 0.0378. The van der Waals surface area contributed by atoms with Crippen molar-refractivity contribution in [3.8, 4) is 5.82 Å². The monoisotopic (exact) mass is 393 g/mol. The predicted octanol–water partition coefficient (Wildman–Crippen LogP) is 2.09. The molecule has 1 fully saturated rings. The van der Waals surface area contributed by atoms with Gasteiger partial charge in [-0.3, -0.25) is 19.1 Å². The van der Waals surface area contributed by atoms with E-state index in [-0.39, 0.29) is 24.5 Å². The van der Waals surface area contributed by atoms with Crippen molar-refractivity contribution >= 4 is 22.9 Å². The van der Waals surface area contributed by atoms with Gasteiger partial charge in [-0.1, -0.05) is 19.1 Å². The first-order valence-corrected chi connectivity index (χ1v) is 9.70. The highest BCUT2D eigenvalue weighted by Gasteiger charge is 2.34. The lowest BCUT2D eigenvalue weighted by Crippen LogP contribution is -2.54. The number of hydrogen-bond donors (Lipinski definition) is 2. The van der Waals surface area contributed by atoms with Crippen LogP contribution in [0.5, 0.6) is 0 Å². The van der Waals surface area contributed by atoms with Crippen LogP contribution >= 0.6 is 0 Å². The average Bonchev–Trinajstić information content (AvgIpc) is 3.13. The number of aliphatic carboxylic acids is 1. The summed E-state index contributed by atoms with van der Waals surface area (Å²) in [7, 11) is 0. The summed E-state index contributed by atoms with van der Waals surface area (Å²) in [6.45, 7) is 2.67. The summed E-state index contributed by atoms with van der Waals surface area (Å²) in [6, 6.07) is 11.6. The molecule has 1 aromatic carbocycles. The maximum absolute atomic E-state index is 12.5. The number of amides is 1. The second kappa shape index (κ2) is 8.00. The number of imidazole rings is 1. The molecule has 2 heterocycles. The van der Waals surface area contributed by atoms with Gasteiger partial charge in [0.2, 0.25) is 0 Å². The molecule has 4 rings (SSSR count). The Morgan fingerprint density at radius 2 is 2.00 bits per heavy atom. The van der Waals surface area contributed by atoms with Gasteiger partial charge in [0, 0.05) is 18.3 Å². The Morgan fingerprint density at radius 1 is 1.21 bits per heavy atom. The van der Waals surface area contributed by atoms with Crippen molar-refractivity contribution in [2.45, 2.75) is 31.8 Å². The lowest BCUT2D eigenvalue weighted by atomic mass is 9.85. The van der Waals surface area contributed by atoms with E-state index in [2.05, 4.69) is 15.3 Å². The van der Waals surface area contributed by atoms with Crippen molar-refractivity contribution in [1.29, 1.82) is 0 Å². The smallest absolute Gasteiger partial charge is 0.317 e. The fraction of sp³-hybridized carbons (Fsp3) is 0.333. The summed E-state index contributed by atoms with van der Waals surface area (Å²) in [5.74, 6) is -0.286. The van der Waals surface area contributed by atoms with Gasteiger partial charge in [0.25, 0.3) is 5.91 Å². The first-order chi connectivity index (χ1) is 14.0. The minimum atomic E-state index is -0.823. The van der Waals surface area contributed by atoms with Crippen LogP contribution in [0, 0.1) is 0 Å². The molecule has 1 amide bonds. The molecule has 0 unspecified atom stereocenters. The molecule has 0 atom stereocenters. The molecule has 1 aliphatic carbocycles. The van der Waals surface area contributed by atoms with E-state index in [1.807, 2.05) is 40.7 Å². The van der Waals surface area contributed by atoms with Crippen LogP contribution in [-0.4, -0.2) is 61.6 Å². The van der Waals surface area contributed by atoms with Crippen LogP contribution < -0.4 is 5.32 Å². The molecule has 8 nitrogen and oxygen atoms in total. The van der Waals surface area contributed by atoms with E-state index in [0.29, 0.717) is 17.9 Å². The van der Waals surface area contributed by atoms with Crippen molar-refractivity contribution in [1.82, 2.24) is 24.8 Å². The number of pyridine rings is 1. The van der Waals surface area contributed by atoms with Crippen LogP contribution in [0.1, 0.15) is 30.1 Å². The van der Waals surface area contributed by atoms with Crippen LogP contribution in [0.2, 0.25) is 0 Å². The fourth-order valence-corrected chi connectivity index (χ4v) is 3.75. The summed E-state index contributed by atoms with van der Waals surface area (Å²) in [5, 5.41) is 12.0. The molecule has 0 aliphatic heterocycles. The highest BCUT2D eigenvalue weighted by atomic mass is 16.4. The summed E-state index contributed by atoms with van der Waals surface area (Å²) in [5.41, 5.74) is 2.35. The number of carboxylic acids is 1. The van der Waals surface area contributed by atoms with E-state index in [1.54, 1.807) is 24.7 Å². The molecule has 0 radical (unpaired) electrons. The molecule has 1 aliphatic rings. The van der Waals surface area contributed by atoms with E-state index in [1.165, 1.54) is 0 Å². The lowest BCUT2D eigenvalue weighted by Gasteiger charge is -2.42. The summed E-state index contributed by atoms with van der Waals surface area (Å²) in [6.07, 6.45) is 4.81. The Morgan fingerprint density at radius 3 is 2.69 bits per heavy atom. The molecular formula is C21H23N5O3. The van der Waals surface area contributed by atoms with Gasteiger partial charge in [0.15, 0.2) is 0 Å². The molecule has 0 bridgehead atoms. The number of carbonyl (C=O) groups is 2. The first kappa shape index (κ1) is 19.1. The fourth-order valence-electron chi connectivity index (χ4n) is 3.75. The zero-order valence-corrected chi connectivity index (χ0v) is 16.2. The SMILES string of the molecule is CCN(CC(=O)O)C1CC(NC(=O)c2ccc(-n3cnc4ccccc43)nc2)C1. The van der Waals surface area contributed by atoms with E-state index >= 15 is 0 Å². The van der Waals surface area contributed by atoms with Gasteiger partial charge in [0.05, 0.1) is 23.1 Å². The minimum Gasteiger partial charge on any atom is -0.480 e. The van der Waals surface area contributed by atoms with Gasteiger partial charge in [-0.15, -0.1) is 0 Å². The number of nitrogens with one attached hydrogen (secondary N) is 1. The Hall–Kier alpha value is -3.26. The van der Waals surface area contributed by atoms with Gasteiger partial charge in [-0.2, -0.15) is 0 Å². The zero-order chi connectivity index (χ0) is 20.4. The van der Waals surface area contributed by atoms with Gasteiger partial charge < -0.3 is 10.4 Å². The van der Waals surface area contributed by atoms with Gasteiger partial charge in [0.1, 0.15) is 12.1 Å². The molecule has 150 valence electrons. The summed E-state index contributed by atoms with van der Waals surface area (Å²) >= 11 is 0. The quantitative estimate of drug-likeness (QED) is 0.638. The molecule has 29 heavy (non-hydrogen) atoms. The Labute approximate surface area is 168 Å². The third-order valence-electron chi connectivity index (χ3n) is 5.42. The second-order valence-corrected chi connectivity index (χ2v) is 7.26. The summed E-state index contributed by atoms with van der Waals surface area (Å²) < 4.78 is 1.88. The number of rotatable bonds is 7. The van der Waals surface area contributed by atoms with Crippen LogP contribution in [-0.2, 0) is 4.79 Å². The van der Waals surface area contributed by atoms with Crippen molar-refractivity contribution in [3.05, 3.63) is 54.5 Å². The Kier molecular flexibility index (Phi) is 5.26. The second-order valence-electron chi connectivity index (χ2n) is 7.26. The summed E-state index contributed by atoms with van der Waals surface area (Å²) in [4.78, 5) is 34.1. The van der Waals surface area contributed by atoms with E-state index in [4.69, 9.17) is 5.11 Å². The molecular weight excluding hydrogens is 370 g/mol. The van der Waals surface area contributed by atoms with E-state index < -0.39 is 5.97 Å². The van der Waals surface area contributed by atoms with Gasteiger partial charge in [-0.25, -0.2) is 9.97 Å². The highest BCUT2D eigenvalue weighted by molar-refractivity contribution is 5.94. The Balaban J connectivity index is 1.36. The molecule has 0 spiro atoms. The molecule has 1 saturated carbocycles. The van der Waals surface area contributed by atoms with Crippen LogP contribution in [0.25, 0.3) is 16.9 Å². The molecule has 0 saturated heterocycles. The highest BCUT2D eigenvalue weighted by Crippen LogP contribution is 2.26. The number of fused-ring (bicyclic) bond motifs is 1. The molecule has 2 N–H and O–H groups in total. The Bertz CT molecular complexity index is 1020.